The third kappa shape index (κ3) is 9.89. The van der Waals surface area contributed by atoms with E-state index in [4.69, 9.17) is 9.47 Å². The van der Waals surface area contributed by atoms with E-state index in [2.05, 4.69) is 25.6 Å². The lowest BCUT2D eigenvalue weighted by Crippen LogP contribution is -2.33. The Morgan fingerprint density at radius 3 is 2.38 bits per heavy atom. The lowest BCUT2D eigenvalue weighted by atomic mass is 10.1. The van der Waals surface area contributed by atoms with Crippen LogP contribution in [0.4, 0.5) is 19.1 Å². The van der Waals surface area contributed by atoms with Crippen molar-refractivity contribution in [2.24, 2.45) is 0 Å². The number of alkyl halides is 3. The van der Waals surface area contributed by atoms with Crippen molar-refractivity contribution < 1.29 is 32.2 Å². The minimum Gasteiger partial charge on any atom is -0.494 e. The number of nitrogens with zero attached hydrogens (tertiary/aromatic N) is 4. The standard InChI is InChI=1S/C29H33F3N6O4/c1-20(39)38-14-2-3-16-41-24-11-7-22(8-12-24)18-34-27-35-25(36-28(37-27)42-19-29(30,31)32)17-21-5-9-23(10-6-21)26(40)33-13-4-15-38/h5-12H,2-4,13-19H2,1H3,(H,33,40)(H,34,35,36,37). The lowest BCUT2D eigenvalue weighted by Gasteiger charge is -2.21. The molecule has 3 aliphatic rings. The molecule has 0 saturated carbocycles. The van der Waals surface area contributed by atoms with Gasteiger partial charge in [-0.1, -0.05) is 24.3 Å². The molecule has 0 radical (unpaired) electrons. The van der Waals surface area contributed by atoms with E-state index in [9.17, 15) is 22.8 Å². The monoisotopic (exact) mass is 586 g/mol. The molecule has 0 atom stereocenters. The van der Waals surface area contributed by atoms with Gasteiger partial charge in [0.15, 0.2) is 6.61 Å². The predicted octanol–water partition coefficient (Wildman–Crippen LogP) is 4.16. The van der Waals surface area contributed by atoms with Gasteiger partial charge < -0.3 is 25.0 Å². The second-order valence-electron chi connectivity index (χ2n) is 9.80. The summed E-state index contributed by atoms with van der Waals surface area (Å²) in [7, 11) is 0. The highest BCUT2D eigenvalue weighted by Crippen LogP contribution is 2.19. The Bertz CT molecular complexity index is 1340. The summed E-state index contributed by atoms with van der Waals surface area (Å²) >= 11 is 0. The van der Waals surface area contributed by atoms with E-state index in [0.717, 1.165) is 24.0 Å². The fourth-order valence-corrected chi connectivity index (χ4v) is 4.20. The van der Waals surface area contributed by atoms with Crippen LogP contribution < -0.4 is 20.1 Å². The number of hydrogen-bond acceptors (Lipinski definition) is 8. The molecule has 0 unspecified atom stereocenters. The molecule has 0 aliphatic carbocycles. The topological polar surface area (TPSA) is 119 Å². The van der Waals surface area contributed by atoms with Gasteiger partial charge in [0.05, 0.1) is 6.61 Å². The molecule has 4 heterocycles. The van der Waals surface area contributed by atoms with Crippen LogP contribution in [0.3, 0.4) is 0 Å². The zero-order valence-electron chi connectivity index (χ0n) is 23.2. The van der Waals surface area contributed by atoms with Crippen molar-refractivity contribution in [3.05, 3.63) is 71.0 Å². The Hall–Kier alpha value is -4.42. The van der Waals surface area contributed by atoms with E-state index >= 15 is 0 Å². The van der Waals surface area contributed by atoms with Gasteiger partial charge in [0.1, 0.15) is 11.6 Å². The first-order chi connectivity index (χ1) is 20.1. The van der Waals surface area contributed by atoms with Gasteiger partial charge >= 0.3 is 12.2 Å². The molecule has 0 spiro atoms. The van der Waals surface area contributed by atoms with Gasteiger partial charge in [-0.05, 0) is 54.7 Å². The third-order valence-electron chi connectivity index (χ3n) is 6.41. The SMILES string of the molecule is CC(=O)N1CCCCOc2ccc(cc2)CNc2nc(nc(OCC(F)(F)F)n2)Cc2ccc(cc2)C(=O)NCCC1. The highest BCUT2D eigenvalue weighted by atomic mass is 19.4. The summed E-state index contributed by atoms with van der Waals surface area (Å²) in [4.78, 5) is 38.8. The predicted molar refractivity (Wildman–Crippen MR) is 148 cm³/mol. The maximum absolute atomic E-state index is 12.8. The van der Waals surface area contributed by atoms with Crippen molar-refractivity contribution in [3.8, 4) is 11.8 Å². The Morgan fingerprint density at radius 1 is 0.952 bits per heavy atom. The number of nitrogens with one attached hydrogen (secondary N) is 2. The first kappa shape index (κ1) is 30.5. The fraction of sp³-hybridized carbons (Fsp3) is 0.414. The number of anilines is 1. The van der Waals surface area contributed by atoms with Gasteiger partial charge in [0.25, 0.3) is 5.91 Å². The van der Waals surface area contributed by atoms with Crippen LogP contribution in [0, 0.1) is 0 Å². The van der Waals surface area contributed by atoms with Gasteiger partial charge in [-0.3, -0.25) is 9.59 Å². The Balaban J connectivity index is 1.53. The van der Waals surface area contributed by atoms with Gasteiger partial charge in [-0.2, -0.15) is 28.1 Å². The number of ether oxygens (including phenoxy) is 2. The molecule has 42 heavy (non-hydrogen) atoms. The Labute approximate surface area is 241 Å². The van der Waals surface area contributed by atoms with Crippen LogP contribution in [0.15, 0.2) is 48.5 Å². The molecule has 0 fully saturated rings. The molecule has 6 bridgehead atoms. The van der Waals surface area contributed by atoms with Crippen LogP contribution in [0.5, 0.6) is 11.8 Å². The van der Waals surface area contributed by atoms with E-state index < -0.39 is 18.8 Å². The average Bonchev–Trinajstić information content (AvgIpc) is 2.96. The van der Waals surface area contributed by atoms with Gasteiger partial charge in [-0.25, -0.2) is 0 Å². The van der Waals surface area contributed by atoms with Crippen molar-refractivity contribution in [2.75, 3.05) is 38.2 Å². The second-order valence-corrected chi connectivity index (χ2v) is 9.80. The quantitative estimate of drug-likeness (QED) is 0.460. The molecule has 3 aliphatic heterocycles. The Kier molecular flexibility index (Phi) is 10.5. The number of carbonyl (C=O) groups is 2. The summed E-state index contributed by atoms with van der Waals surface area (Å²) in [6.45, 7) is 2.35. The third-order valence-corrected chi connectivity index (χ3v) is 6.41. The number of halogens is 3. The molecule has 10 nitrogen and oxygen atoms in total. The summed E-state index contributed by atoms with van der Waals surface area (Å²) in [5, 5.41) is 5.88. The fourth-order valence-electron chi connectivity index (χ4n) is 4.20. The van der Waals surface area contributed by atoms with Gasteiger partial charge in [0.2, 0.25) is 11.9 Å². The molecule has 0 saturated heterocycles. The summed E-state index contributed by atoms with van der Waals surface area (Å²) in [5.41, 5.74) is 2.06. The van der Waals surface area contributed by atoms with Crippen LogP contribution in [0.2, 0.25) is 0 Å². The van der Waals surface area contributed by atoms with E-state index in [-0.39, 0.29) is 30.0 Å². The number of rotatable bonds is 2. The van der Waals surface area contributed by atoms with E-state index in [1.165, 1.54) is 6.92 Å². The first-order valence-corrected chi connectivity index (χ1v) is 13.7. The highest BCUT2D eigenvalue weighted by molar-refractivity contribution is 5.94. The molecule has 2 amide bonds. The van der Waals surface area contributed by atoms with Crippen molar-refractivity contribution in [3.63, 3.8) is 0 Å². The number of fused-ring (bicyclic) bond motifs is 2. The molecular weight excluding hydrogens is 553 g/mol. The first-order valence-electron chi connectivity index (χ1n) is 13.7. The second kappa shape index (κ2) is 14.5. The van der Waals surface area contributed by atoms with Crippen LogP contribution in [-0.4, -0.2) is 70.7 Å². The summed E-state index contributed by atoms with van der Waals surface area (Å²) in [5.74, 6) is 0.701. The van der Waals surface area contributed by atoms with Crippen molar-refractivity contribution >= 4 is 17.8 Å². The minimum atomic E-state index is -4.55. The maximum atomic E-state index is 12.8. The van der Waals surface area contributed by atoms with Crippen molar-refractivity contribution in [2.45, 2.75) is 45.3 Å². The van der Waals surface area contributed by atoms with Crippen LogP contribution in [-0.2, 0) is 17.8 Å². The highest BCUT2D eigenvalue weighted by Gasteiger charge is 2.29. The van der Waals surface area contributed by atoms with E-state index in [1.807, 2.05) is 24.3 Å². The van der Waals surface area contributed by atoms with Gasteiger partial charge in [0, 0.05) is 45.1 Å². The summed E-state index contributed by atoms with van der Waals surface area (Å²) < 4.78 is 48.9. The molecule has 6 rings (SSSR count). The van der Waals surface area contributed by atoms with Crippen molar-refractivity contribution in [1.29, 1.82) is 0 Å². The van der Waals surface area contributed by atoms with Gasteiger partial charge in [-0.15, -0.1) is 0 Å². The number of carbonyl (C=O) groups excluding carboxylic acids is 2. The largest absolute Gasteiger partial charge is 0.494 e. The Morgan fingerprint density at radius 2 is 1.67 bits per heavy atom. The number of benzene rings is 2. The molecule has 2 aromatic carbocycles. The summed E-state index contributed by atoms with van der Waals surface area (Å²) in [6.07, 6.45) is -2.22. The maximum Gasteiger partial charge on any atom is 0.422 e. The summed E-state index contributed by atoms with van der Waals surface area (Å²) in [6, 6.07) is 13.7. The average molecular weight is 587 g/mol. The molecular formula is C29H33F3N6O4. The molecule has 1 aromatic heterocycles. The molecule has 224 valence electrons. The number of amides is 2. The molecule has 13 heteroatoms. The smallest absolute Gasteiger partial charge is 0.422 e. The normalized spacial score (nSPS) is 15.5. The minimum absolute atomic E-state index is 0.0113. The van der Waals surface area contributed by atoms with E-state index in [0.29, 0.717) is 50.5 Å². The van der Waals surface area contributed by atoms with Crippen LogP contribution in [0.25, 0.3) is 0 Å². The van der Waals surface area contributed by atoms with Crippen LogP contribution in [0.1, 0.15) is 53.5 Å². The lowest BCUT2D eigenvalue weighted by molar-refractivity contribution is -0.154. The van der Waals surface area contributed by atoms with Crippen LogP contribution >= 0.6 is 0 Å². The molecule has 3 aromatic rings. The number of aromatic nitrogens is 3. The zero-order chi connectivity index (χ0) is 30.0. The van der Waals surface area contributed by atoms with E-state index in [1.54, 1.807) is 29.2 Å². The number of hydrogen-bond donors (Lipinski definition) is 2. The molecule has 2 N–H and O–H groups in total. The zero-order valence-corrected chi connectivity index (χ0v) is 23.2. The van der Waals surface area contributed by atoms with Crippen molar-refractivity contribution in [1.82, 2.24) is 25.2 Å².